The van der Waals surface area contributed by atoms with Gasteiger partial charge in [-0.3, -0.25) is 10.1 Å². The summed E-state index contributed by atoms with van der Waals surface area (Å²) in [7, 11) is 0. The summed E-state index contributed by atoms with van der Waals surface area (Å²) in [5, 5.41) is 7.19. The first kappa shape index (κ1) is 20.0. The van der Waals surface area contributed by atoms with Crippen LogP contribution in [-0.4, -0.2) is 21.0 Å². The number of benzene rings is 2. The third-order valence-electron chi connectivity index (χ3n) is 4.29. The van der Waals surface area contributed by atoms with Gasteiger partial charge in [0.25, 0.3) is 0 Å². The number of carbonyl (C=O) groups is 1. The third kappa shape index (κ3) is 4.17. The fraction of sp³-hybridized carbons (Fsp3) is 0.0476. The molecule has 6 nitrogen and oxygen atoms in total. The van der Waals surface area contributed by atoms with E-state index in [1.54, 1.807) is 36.4 Å². The lowest BCUT2D eigenvalue weighted by atomic mass is 10.0. The molecule has 30 heavy (non-hydrogen) atoms. The largest absolute Gasteiger partial charge is 0.337 e. The number of hydrogen-bond acceptors (Lipinski definition) is 5. The van der Waals surface area contributed by atoms with Crippen LogP contribution in [0.5, 0.6) is 0 Å². The van der Waals surface area contributed by atoms with Crippen LogP contribution in [0.25, 0.3) is 22.5 Å². The summed E-state index contributed by atoms with van der Waals surface area (Å²) < 4.78 is 19.4. The number of nitrogens with zero attached hydrogens (tertiary/aromatic N) is 3. The topological polar surface area (TPSA) is 80.9 Å². The van der Waals surface area contributed by atoms with Gasteiger partial charge in [-0.2, -0.15) is 0 Å². The van der Waals surface area contributed by atoms with Crippen LogP contribution in [0.2, 0.25) is 10.0 Å². The molecular weight excluding hydrogens is 430 g/mol. The molecule has 0 saturated heterocycles. The van der Waals surface area contributed by atoms with Gasteiger partial charge in [0.05, 0.1) is 22.7 Å². The molecule has 0 spiro atoms. The van der Waals surface area contributed by atoms with Gasteiger partial charge in [0.2, 0.25) is 11.8 Å². The fourth-order valence-corrected chi connectivity index (χ4v) is 3.20. The molecule has 2 heterocycles. The van der Waals surface area contributed by atoms with E-state index < -0.39 is 5.82 Å². The van der Waals surface area contributed by atoms with E-state index in [-0.39, 0.29) is 23.2 Å². The molecule has 0 aliphatic rings. The number of carbonyl (C=O) groups excluding carboxylic acids is 1. The van der Waals surface area contributed by atoms with E-state index >= 15 is 0 Å². The Balaban J connectivity index is 1.71. The molecule has 0 radical (unpaired) electrons. The van der Waals surface area contributed by atoms with Gasteiger partial charge in [-0.25, -0.2) is 14.4 Å². The van der Waals surface area contributed by atoms with Gasteiger partial charge in [-0.05, 0) is 29.8 Å². The number of hydrogen-bond donors (Lipinski definition) is 1. The van der Waals surface area contributed by atoms with E-state index in [1.807, 2.05) is 0 Å². The van der Waals surface area contributed by atoms with Gasteiger partial charge in [0.15, 0.2) is 0 Å². The monoisotopic (exact) mass is 442 g/mol. The summed E-state index contributed by atoms with van der Waals surface area (Å²) in [5.41, 5.74) is 2.23. The summed E-state index contributed by atoms with van der Waals surface area (Å²) >= 11 is 11.9. The molecule has 1 N–H and O–H groups in total. The molecule has 2 aromatic carbocycles. The second-order valence-corrected chi connectivity index (χ2v) is 7.09. The van der Waals surface area contributed by atoms with Gasteiger partial charge in [0.1, 0.15) is 17.8 Å². The molecule has 4 rings (SSSR count). The average molecular weight is 443 g/mol. The number of amides is 1. The first-order valence-corrected chi connectivity index (χ1v) is 9.53. The van der Waals surface area contributed by atoms with Crippen LogP contribution in [0.3, 0.4) is 0 Å². The lowest BCUT2D eigenvalue weighted by molar-refractivity contribution is -0.115. The maximum atomic E-state index is 14.0. The van der Waals surface area contributed by atoms with Crippen LogP contribution < -0.4 is 5.32 Å². The lowest BCUT2D eigenvalue weighted by Crippen LogP contribution is -2.14. The Hall–Kier alpha value is -3.29. The zero-order valence-corrected chi connectivity index (χ0v) is 16.8. The molecule has 0 bridgehead atoms. The first-order chi connectivity index (χ1) is 14.5. The normalized spacial score (nSPS) is 10.8. The number of halogens is 3. The van der Waals surface area contributed by atoms with Crippen molar-refractivity contribution in [3.05, 3.63) is 82.5 Å². The molecule has 0 aliphatic heterocycles. The third-order valence-corrected chi connectivity index (χ3v) is 4.96. The molecule has 4 aromatic rings. The van der Waals surface area contributed by atoms with Crippen LogP contribution in [0, 0.1) is 5.82 Å². The minimum atomic E-state index is -0.602. The van der Waals surface area contributed by atoms with Crippen LogP contribution in [-0.2, 0) is 11.2 Å². The van der Waals surface area contributed by atoms with Crippen molar-refractivity contribution in [2.45, 2.75) is 6.42 Å². The van der Waals surface area contributed by atoms with Gasteiger partial charge >= 0.3 is 0 Å². The molecule has 0 fully saturated rings. The minimum absolute atomic E-state index is 0.0147. The Kier molecular flexibility index (Phi) is 5.74. The van der Waals surface area contributed by atoms with E-state index in [1.165, 1.54) is 24.7 Å². The maximum absolute atomic E-state index is 14.0. The Morgan fingerprint density at radius 3 is 2.67 bits per heavy atom. The van der Waals surface area contributed by atoms with Gasteiger partial charge in [-0.15, -0.1) is 0 Å². The highest BCUT2D eigenvalue weighted by Crippen LogP contribution is 2.37. The number of nitrogens with one attached hydrogen (secondary N) is 1. The standard InChI is InChI=1S/C21H13Cl2FN4O2/c22-14-4-2-1-3-12(14)10-18(29)27-21-19(17-7-8-25-11-26-17)20(28-30-21)13-5-6-15(23)16(24)9-13/h1-9,11H,10H2,(H,27,29). The molecule has 2 aromatic heterocycles. The molecule has 0 saturated carbocycles. The molecule has 150 valence electrons. The van der Waals surface area contributed by atoms with Crippen LogP contribution in [0.15, 0.2) is 65.6 Å². The predicted molar refractivity (Wildman–Crippen MR) is 112 cm³/mol. The Bertz CT molecular complexity index is 1210. The Morgan fingerprint density at radius 2 is 1.93 bits per heavy atom. The smallest absolute Gasteiger partial charge is 0.241 e. The van der Waals surface area contributed by atoms with Crippen molar-refractivity contribution in [1.29, 1.82) is 0 Å². The van der Waals surface area contributed by atoms with Crippen molar-refractivity contribution in [2.75, 3.05) is 5.32 Å². The average Bonchev–Trinajstić information content (AvgIpc) is 3.15. The number of aromatic nitrogens is 3. The van der Waals surface area contributed by atoms with E-state index in [4.69, 9.17) is 27.7 Å². The van der Waals surface area contributed by atoms with Crippen molar-refractivity contribution >= 4 is 35.0 Å². The zero-order chi connectivity index (χ0) is 21.1. The molecule has 9 heteroatoms. The fourth-order valence-electron chi connectivity index (χ4n) is 2.88. The molecule has 1 amide bonds. The highest BCUT2D eigenvalue weighted by Gasteiger charge is 2.23. The Morgan fingerprint density at radius 1 is 1.10 bits per heavy atom. The van der Waals surface area contributed by atoms with E-state index in [2.05, 4.69) is 20.4 Å². The molecular formula is C21H13Cl2FN4O2. The van der Waals surface area contributed by atoms with Gasteiger partial charge in [-0.1, -0.05) is 52.6 Å². The molecule has 0 atom stereocenters. The van der Waals surface area contributed by atoms with Crippen LogP contribution >= 0.6 is 23.2 Å². The maximum Gasteiger partial charge on any atom is 0.241 e. The van der Waals surface area contributed by atoms with E-state index in [0.29, 0.717) is 33.1 Å². The van der Waals surface area contributed by atoms with E-state index in [0.717, 1.165) is 0 Å². The summed E-state index contributed by atoms with van der Waals surface area (Å²) in [6.07, 6.45) is 2.93. The number of rotatable bonds is 5. The van der Waals surface area contributed by atoms with Crippen molar-refractivity contribution in [3.8, 4) is 22.5 Å². The van der Waals surface area contributed by atoms with Gasteiger partial charge in [0, 0.05) is 16.8 Å². The predicted octanol–water partition coefficient (Wildman–Crippen LogP) is 5.43. The summed E-state index contributed by atoms with van der Waals surface area (Å²) in [4.78, 5) is 20.7. The van der Waals surface area contributed by atoms with Crippen molar-refractivity contribution < 1.29 is 13.7 Å². The first-order valence-electron chi connectivity index (χ1n) is 8.77. The lowest BCUT2D eigenvalue weighted by Gasteiger charge is -2.07. The second-order valence-electron chi connectivity index (χ2n) is 6.28. The van der Waals surface area contributed by atoms with Crippen molar-refractivity contribution in [1.82, 2.24) is 15.1 Å². The minimum Gasteiger partial charge on any atom is -0.337 e. The molecule has 0 aliphatic carbocycles. The highest BCUT2D eigenvalue weighted by molar-refractivity contribution is 6.31. The van der Waals surface area contributed by atoms with Crippen molar-refractivity contribution in [2.24, 2.45) is 0 Å². The Labute approximate surface area is 180 Å². The van der Waals surface area contributed by atoms with Crippen molar-refractivity contribution in [3.63, 3.8) is 0 Å². The van der Waals surface area contributed by atoms with Crippen LogP contribution in [0.4, 0.5) is 10.3 Å². The summed E-state index contributed by atoms with van der Waals surface area (Å²) in [6.45, 7) is 0. The summed E-state index contributed by atoms with van der Waals surface area (Å²) in [6, 6.07) is 12.9. The quantitative estimate of drug-likeness (QED) is 0.445. The van der Waals surface area contributed by atoms with Gasteiger partial charge < -0.3 is 4.52 Å². The highest BCUT2D eigenvalue weighted by atomic mass is 35.5. The SMILES string of the molecule is O=C(Cc1ccccc1Cl)Nc1onc(-c2ccc(Cl)c(F)c2)c1-c1ccncn1. The van der Waals surface area contributed by atoms with Crippen LogP contribution in [0.1, 0.15) is 5.56 Å². The second kappa shape index (κ2) is 8.61. The molecule has 0 unspecified atom stereocenters. The summed E-state index contributed by atoms with van der Waals surface area (Å²) in [5.74, 6) is -0.880. The zero-order valence-electron chi connectivity index (χ0n) is 15.3. The number of anilines is 1. The van der Waals surface area contributed by atoms with E-state index in [9.17, 15) is 9.18 Å².